The number of rotatable bonds is 5. The summed E-state index contributed by atoms with van der Waals surface area (Å²) >= 11 is 1.50. The molecule has 0 bridgehead atoms. The Kier molecular flexibility index (Phi) is 4.70. The van der Waals surface area contributed by atoms with Gasteiger partial charge in [0, 0.05) is 11.1 Å². The third-order valence-corrected chi connectivity index (χ3v) is 6.68. The molecule has 0 spiro atoms. The number of hydrogen-bond donors (Lipinski definition) is 1. The zero-order valence-corrected chi connectivity index (χ0v) is 16.5. The van der Waals surface area contributed by atoms with Crippen LogP contribution in [0, 0.1) is 0 Å². The van der Waals surface area contributed by atoms with Gasteiger partial charge in [0.2, 0.25) is 0 Å². The predicted molar refractivity (Wildman–Crippen MR) is 112 cm³/mol. The highest BCUT2D eigenvalue weighted by Crippen LogP contribution is 2.35. The quantitative estimate of drug-likeness (QED) is 0.473. The number of carbonyl (C=O) groups is 1. The highest BCUT2D eigenvalue weighted by molar-refractivity contribution is 7.92. The Morgan fingerprint density at radius 3 is 2.50 bits per heavy atom. The fourth-order valence-corrected chi connectivity index (χ4v) is 4.96. The van der Waals surface area contributed by atoms with E-state index >= 15 is 0 Å². The fourth-order valence-electron chi connectivity index (χ4n) is 2.83. The van der Waals surface area contributed by atoms with Gasteiger partial charge in [-0.15, -0.1) is 11.3 Å². The fraction of sp³-hybridized carbons (Fsp3) is 0.0476. The van der Waals surface area contributed by atoms with Crippen molar-refractivity contribution in [2.24, 2.45) is 0 Å². The van der Waals surface area contributed by atoms with E-state index in [0.29, 0.717) is 16.8 Å². The summed E-state index contributed by atoms with van der Waals surface area (Å²) in [5.74, 6) is -0.188. The van der Waals surface area contributed by atoms with Gasteiger partial charge in [-0.3, -0.25) is 9.52 Å². The SMILES string of the molecule is CC(=O)c1cccc(S(=O)(=O)Nc2ccccc2-c2nc3ccccc3s2)c1. The number of nitrogens with zero attached hydrogens (tertiary/aromatic N) is 1. The number of hydrogen-bond acceptors (Lipinski definition) is 5. The van der Waals surface area contributed by atoms with E-state index in [1.807, 2.05) is 36.4 Å². The molecular weight excluding hydrogens is 392 g/mol. The summed E-state index contributed by atoms with van der Waals surface area (Å²) in [6.45, 7) is 1.40. The number of nitrogens with one attached hydrogen (secondary N) is 1. The summed E-state index contributed by atoms with van der Waals surface area (Å²) < 4.78 is 29.5. The number of fused-ring (bicyclic) bond motifs is 1. The molecule has 0 saturated heterocycles. The van der Waals surface area contributed by atoms with Crippen molar-refractivity contribution >= 4 is 43.0 Å². The van der Waals surface area contributed by atoms with Crippen LogP contribution in [-0.2, 0) is 10.0 Å². The van der Waals surface area contributed by atoms with Crippen molar-refractivity contribution in [3.63, 3.8) is 0 Å². The molecule has 3 aromatic carbocycles. The van der Waals surface area contributed by atoms with E-state index in [4.69, 9.17) is 0 Å². The first-order valence-corrected chi connectivity index (χ1v) is 10.8. The second-order valence-corrected chi connectivity index (χ2v) is 8.93. The topological polar surface area (TPSA) is 76.1 Å². The lowest BCUT2D eigenvalue weighted by Crippen LogP contribution is -2.14. The predicted octanol–water partition coefficient (Wildman–Crippen LogP) is 4.97. The van der Waals surface area contributed by atoms with Gasteiger partial charge in [-0.25, -0.2) is 13.4 Å². The molecule has 140 valence electrons. The van der Waals surface area contributed by atoms with E-state index in [1.165, 1.54) is 30.4 Å². The normalized spacial score (nSPS) is 11.5. The van der Waals surface area contributed by atoms with Gasteiger partial charge < -0.3 is 0 Å². The summed E-state index contributed by atoms with van der Waals surface area (Å²) in [7, 11) is -3.86. The number of sulfonamides is 1. The first-order valence-electron chi connectivity index (χ1n) is 8.53. The molecule has 0 unspecified atom stereocenters. The molecule has 0 radical (unpaired) electrons. The van der Waals surface area contributed by atoms with Crippen molar-refractivity contribution in [3.05, 3.63) is 78.4 Å². The second-order valence-electron chi connectivity index (χ2n) is 6.22. The van der Waals surface area contributed by atoms with Gasteiger partial charge >= 0.3 is 0 Å². The standard InChI is InChI=1S/C21H16N2O3S2/c1-14(24)15-7-6-8-16(13-15)28(25,26)23-18-10-3-2-9-17(18)21-22-19-11-4-5-12-20(19)27-21/h2-13,23H,1H3. The maximum atomic E-state index is 12.9. The van der Waals surface area contributed by atoms with Crippen LogP contribution in [0.1, 0.15) is 17.3 Å². The lowest BCUT2D eigenvalue weighted by atomic mass is 10.2. The number of anilines is 1. The van der Waals surface area contributed by atoms with Crippen LogP contribution >= 0.6 is 11.3 Å². The molecule has 0 aliphatic carbocycles. The number of aromatic nitrogens is 1. The molecule has 0 atom stereocenters. The molecule has 5 nitrogen and oxygen atoms in total. The monoisotopic (exact) mass is 408 g/mol. The summed E-state index contributed by atoms with van der Waals surface area (Å²) in [5, 5.41) is 0.733. The third kappa shape index (κ3) is 3.54. The Hall–Kier alpha value is -3.03. The molecule has 28 heavy (non-hydrogen) atoms. The van der Waals surface area contributed by atoms with Crippen LogP contribution in [-0.4, -0.2) is 19.2 Å². The van der Waals surface area contributed by atoms with E-state index in [-0.39, 0.29) is 10.7 Å². The van der Waals surface area contributed by atoms with Crippen LogP contribution in [0.15, 0.2) is 77.7 Å². The van der Waals surface area contributed by atoms with Crippen LogP contribution in [0.25, 0.3) is 20.8 Å². The number of thiazole rings is 1. The van der Waals surface area contributed by atoms with Crippen LogP contribution < -0.4 is 4.72 Å². The molecule has 1 heterocycles. The lowest BCUT2D eigenvalue weighted by molar-refractivity contribution is 0.101. The molecule has 1 aromatic heterocycles. The van der Waals surface area contributed by atoms with E-state index < -0.39 is 10.0 Å². The number of Topliss-reactive ketones (excluding diaryl/α,β-unsaturated/α-hetero) is 1. The lowest BCUT2D eigenvalue weighted by Gasteiger charge is -2.12. The van der Waals surface area contributed by atoms with Gasteiger partial charge in [0.15, 0.2) is 5.78 Å². The van der Waals surface area contributed by atoms with E-state index in [9.17, 15) is 13.2 Å². The number of carbonyl (C=O) groups excluding carboxylic acids is 1. The van der Waals surface area contributed by atoms with Crippen LogP contribution in [0.5, 0.6) is 0 Å². The Bertz CT molecular complexity index is 1260. The highest BCUT2D eigenvalue weighted by Gasteiger charge is 2.19. The van der Waals surface area contributed by atoms with E-state index in [0.717, 1.165) is 15.2 Å². The van der Waals surface area contributed by atoms with Gasteiger partial charge in [0.1, 0.15) is 5.01 Å². The van der Waals surface area contributed by atoms with Gasteiger partial charge in [-0.1, -0.05) is 36.4 Å². The minimum atomic E-state index is -3.86. The van der Waals surface area contributed by atoms with Gasteiger partial charge in [0.05, 0.1) is 20.8 Å². The zero-order valence-electron chi connectivity index (χ0n) is 14.9. The molecule has 0 aliphatic rings. The van der Waals surface area contributed by atoms with Crippen molar-refractivity contribution in [3.8, 4) is 10.6 Å². The third-order valence-electron chi connectivity index (χ3n) is 4.25. The maximum absolute atomic E-state index is 12.9. The van der Waals surface area contributed by atoms with Gasteiger partial charge in [-0.2, -0.15) is 0 Å². The number of ketones is 1. The number of para-hydroxylation sites is 2. The highest BCUT2D eigenvalue weighted by atomic mass is 32.2. The summed E-state index contributed by atoms with van der Waals surface area (Å²) in [6, 6.07) is 20.9. The molecule has 4 aromatic rings. The average Bonchev–Trinajstić information content (AvgIpc) is 3.12. The van der Waals surface area contributed by atoms with E-state index in [1.54, 1.807) is 24.3 Å². The van der Waals surface area contributed by atoms with E-state index in [2.05, 4.69) is 9.71 Å². The molecule has 4 rings (SSSR count). The summed E-state index contributed by atoms with van der Waals surface area (Å²) in [4.78, 5) is 16.2. The molecule has 0 amide bonds. The Morgan fingerprint density at radius 1 is 0.964 bits per heavy atom. The smallest absolute Gasteiger partial charge is 0.261 e. The Morgan fingerprint density at radius 2 is 1.71 bits per heavy atom. The molecule has 7 heteroatoms. The zero-order chi connectivity index (χ0) is 19.7. The minimum absolute atomic E-state index is 0.0410. The molecule has 0 fully saturated rings. The van der Waals surface area contributed by atoms with Gasteiger partial charge in [0.25, 0.3) is 10.0 Å². The van der Waals surface area contributed by atoms with Crippen LogP contribution in [0.4, 0.5) is 5.69 Å². The molecule has 0 saturated carbocycles. The second kappa shape index (κ2) is 7.18. The molecule has 0 aliphatic heterocycles. The van der Waals surface area contributed by atoms with Crippen LogP contribution in [0.3, 0.4) is 0 Å². The average molecular weight is 409 g/mol. The summed E-state index contributed by atoms with van der Waals surface area (Å²) in [5.41, 5.74) is 2.36. The van der Waals surface area contributed by atoms with Crippen molar-refractivity contribution in [1.82, 2.24) is 4.98 Å². The Labute approximate surface area is 166 Å². The van der Waals surface area contributed by atoms with Gasteiger partial charge in [-0.05, 0) is 43.3 Å². The van der Waals surface area contributed by atoms with Crippen molar-refractivity contribution in [2.75, 3.05) is 4.72 Å². The van der Waals surface area contributed by atoms with Crippen molar-refractivity contribution < 1.29 is 13.2 Å². The largest absolute Gasteiger partial charge is 0.295 e. The minimum Gasteiger partial charge on any atom is -0.295 e. The molecular formula is C21H16N2O3S2. The first kappa shape index (κ1) is 18.3. The first-order chi connectivity index (χ1) is 13.4. The van der Waals surface area contributed by atoms with Crippen molar-refractivity contribution in [2.45, 2.75) is 11.8 Å². The van der Waals surface area contributed by atoms with Crippen LogP contribution in [0.2, 0.25) is 0 Å². The number of benzene rings is 3. The summed E-state index contributed by atoms with van der Waals surface area (Å²) in [6.07, 6.45) is 0. The maximum Gasteiger partial charge on any atom is 0.261 e. The molecule has 1 N–H and O–H groups in total. The Balaban J connectivity index is 1.74. The van der Waals surface area contributed by atoms with Crippen molar-refractivity contribution in [1.29, 1.82) is 0 Å².